The van der Waals surface area contributed by atoms with Crippen LogP contribution >= 0.6 is 0 Å². The maximum atomic E-state index is 11.4. The largest absolute Gasteiger partial charge is 0.493 e. The third-order valence-electron chi connectivity index (χ3n) is 2.66. The monoisotopic (exact) mass is 297 g/mol. The molecule has 0 aliphatic heterocycles. The van der Waals surface area contributed by atoms with E-state index in [9.17, 15) is 8.42 Å². The molecule has 110 valence electrons. The first-order chi connectivity index (χ1) is 9.19. The molecule has 2 N–H and O–H groups in total. The number of hydrogen-bond acceptors (Lipinski definition) is 5. The molecule has 1 rings (SSSR count). The molecule has 2 radical (unpaired) electrons. The molecule has 1 unspecified atom stereocenters. The molecule has 0 amide bonds. The Morgan fingerprint density at radius 3 is 2.50 bits per heavy atom. The molecule has 0 aliphatic rings. The predicted octanol–water partition coefficient (Wildman–Crippen LogP) is 0.809. The molecule has 7 heteroatoms. The van der Waals surface area contributed by atoms with Crippen molar-refractivity contribution in [2.75, 3.05) is 25.7 Å². The molecule has 0 aliphatic carbocycles. The highest BCUT2D eigenvalue weighted by Gasteiger charge is 2.26. The van der Waals surface area contributed by atoms with Gasteiger partial charge in [0.05, 0.1) is 19.5 Å². The smallest absolute Gasteiger partial charge is 0.161 e. The van der Waals surface area contributed by atoms with Gasteiger partial charge in [-0.05, 0) is 24.1 Å². The number of sulfone groups is 1. The van der Waals surface area contributed by atoms with Crippen LogP contribution in [0.15, 0.2) is 18.2 Å². The average molecular weight is 297 g/mol. The van der Waals surface area contributed by atoms with Crippen molar-refractivity contribution in [2.45, 2.75) is 18.8 Å². The lowest BCUT2D eigenvalue weighted by Gasteiger charge is -2.26. The second kappa shape index (κ2) is 6.50. The zero-order chi connectivity index (χ0) is 15.4. The first-order valence-corrected chi connectivity index (χ1v) is 8.32. The lowest BCUT2D eigenvalue weighted by molar-refractivity contribution is 0.293. The van der Waals surface area contributed by atoms with E-state index in [1.165, 1.54) is 7.11 Å². The van der Waals surface area contributed by atoms with E-state index in [-0.39, 0.29) is 5.75 Å². The molecule has 0 saturated carbocycles. The van der Waals surface area contributed by atoms with Crippen molar-refractivity contribution in [1.82, 2.24) is 0 Å². The number of hydrogen-bond donors (Lipinski definition) is 1. The van der Waals surface area contributed by atoms with Gasteiger partial charge in [0.25, 0.3) is 0 Å². The summed E-state index contributed by atoms with van der Waals surface area (Å²) in [6.45, 7) is 2.50. The normalized spacial score (nSPS) is 14.6. The van der Waals surface area contributed by atoms with Crippen molar-refractivity contribution in [1.29, 1.82) is 0 Å². The highest BCUT2D eigenvalue weighted by molar-refractivity contribution is 7.90. The topological polar surface area (TPSA) is 78.6 Å². The van der Waals surface area contributed by atoms with Gasteiger partial charge in [-0.1, -0.05) is 13.0 Å². The van der Waals surface area contributed by atoms with Gasteiger partial charge in [0.1, 0.15) is 17.7 Å². The Morgan fingerprint density at radius 1 is 1.35 bits per heavy atom. The lowest BCUT2D eigenvalue weighted by atomic mass is 9.74. The van der Waals surface area contributed by atoms with Crippen LogP contribution in [0.25, 0.3) is 0 Å². The minimum atomic E-state index is -3.30. The Morgan fingerprint density at radius 2 is 2.00 bits per heavy atom. The maximum absolute atomic E-state index is 11.4. The van der Waals surface area contributed by atoms with Gasteiger partial charge in [0.2, 0.25) is 0 Å². The molecule has 0 saturated heterocycles. The van der Waals surface area contributed by atoms with Crippen LogP contribution in [-0.2, 0) is 15.3 Å². The first kappa shape index (κ1) is 16.8. The minimum Gasteiger partial charge on any atom is -0.493 e. The van der Waals surface area contributed by atoms with E-state index in [2.05, 4.69) is 0 Å². The van der Waals surface area contributed by atoms with E-state index in [4.69, 9.17) is 23.1 Å². The van der Waals surface area contributed by atoms with Crippen molar-refractivity contribution in [3.05, 3.63) is 23.8 Å². The summed E-state index contributed by atoms with van der Waals surface area (Å²) in [5, 5.41) is 0. The second-order valence-corrected chi connectivity index (χ2v) is 6.96. The molecule has 5 nitrogen and oxygen atoms in total. The number of methoxy groups -OCH3 is 1. The standard InChI is InChI=1S/C13H20BNO4S/c1-4-7-19-12-8-10(5-6-11(12)18-2)13(14,15)9-20(3,16)17/h5-6,8H,4,7,9,15H2,1-3H3. The van der Waals surface area contributed by atoms with E-state index >= 15 is 0 Å². The Kier molecular flexibility index (Phi) is 5.47. The quantitative estimate of drug-likeness (QED) is 0.753. The van der Waals surface area contributed by atoms with Gasteiger partial charge >= 0.3 is 0 Å². The summed E-state index contributed by atoms with van der Waals surface area (Å²) < 4.78 is 33.5. The Balaban J connectivity index is 3.12. The van der Waals surface area contributed by atoms with Crippen LogP contribution in [0.2, 0.25) is 0 Å². The number of benzene rings is 1. The summed E-state index contributed by atoms with van der Waals surface area (Å²) in [6.07, 6.45) is 1.94. The van der Waals surface area contributed by atoms with Crippen molar-refractivity contribution in [3.8, 4) is 11.5 Å². The minimum absolute atomic E-state index is 0.348. The molecule has 20 heavy (non-hydrogen) atoms. The molecule has 0 fully saturated rings. The summed E-state index contributed by atoms with van der Waals surface area (Å²) in [5.74, 6) is 0.706. The SMILES string of the molecule is [B]C(N)(CS(C)(=O)=O)c1ccc(OC)c(OCCC)c1. The van der Waals surface area contributed by atoms with Crippen molar-refractivity contribution in [3.63, 3.8) is 0 Å². The van der Waals surface area contributed by atoms with Gasteiger partial charge in [-0.2, -0.15) is 0 Å². The molecule has 0 aromatic heterocycles. The molecule has 1 aromatic rings. The summed E-state index contributed by atoms with van der Waals surface area (Å²) in [6, 6.07) is 4.93. The highest BCUT2D eigenvalue weighted by atomic mass is 32.2. The first-order valence-electron chi connectivity index (χ1n) is 6.26. The fourth-order valence-electron chi connectivity index (χ4n) is 1.81. The second-order valence-electron chi connectivity index (χ2n) is 4.82. The zero-order valence-corrected chi connectivity index (χ0v) is 12.9. The molecule has 0 bridgehead atoms. The number of ether oxygens (including phenoxy) is 2. The zero-order valence-electron chi connectivity index (χ0n) is 12.0. The van der Waals surface area contributed by atoms with Crippen LogP contribution in [0.4, 0.5) is 0 Å². The summed E-state index contributed by atoms with van der Waals surface area (Å²) in [5.41, 5.74) is 4.93. The maximum Gasteiger partial charge on any atom is 0.161 e. The molecule has 1 aromatic carbocycles. The Labute approximate surface area is 121 Å². The highest BCUT2D eigenvalue weighted by Crippen LogP contribution is 2.31. The van der Waals surface area contributed by atoms with Gasteiger partial charge in [0, 0.05) is 11.7 Å². The van der Waals surface area contributed by atoms with E-state index < -0.39 is 15.3 Å². The Bertz CT molecular complexity index is 557. The third kappa shape index (κ3) is 4.72. The van der Waals surface area contributed by atoms with Gasteiger partial charge in [-0.25, -0.2) is 8.42 Å². The van der Waals surface area contributed by atoms with Crippen LogP contribution in [0.3, 0.4) is 0 Å². The van der Waals surface area contributed by atoms with Gasteiger partial charge in [0.15, 0.2) is 11.5 Å². The molecule has 0 spiro atoms. The molecular weight excluding hydrogens is 277 g/mol. The van der Waals surface area contributed by atoms with E-state index in [1.54, 1.807) is 18.2 Å². The number of nitrogens with two attached hydrogens (primary N) is 1. The average Bonchev–Trinajstić information content (AvgIpc) is 2.33. The summed E-state index contributed by atoms with van der Waals surface area (Å²) >= 11 is 0. The van der Waals surface area contributed by atoms with E-state index in [0.717, 1.165) is 12.7 Å². The van der Waals surface area contributed by atoms with Crippen molar-refractivity contribution in [2.24, 2.45) is 5.73 Å². The van der Waals surface area contributed by atoms with Crippen LogP contribution in [-0.4, -0.2) is 42.0 Å². The fourth-order valence-corrected chi connectivity index (χ4v) is 2.84. The summed E-state index contributed by atoms with van der Waals surface area (Å²) in [4.78, 5) is 0. The lowest BCUT2D eigenvalue weighted by Crippen LogP contribution is -2.43. The Hall–Kier alpha value is -1.21. The molecular formula is C13H20BNO4S. The number of rotatable bonds is 7. The van der Waals surface area contributed by atoms with Crippen LogP contribution < -0.4 is 15.2 Å². The van der Waals surface area contributed by atoms with Crippen LogP contribution in [0.5, 0.6) is 11.5 Å². The molecule has 1 atom stereocenters. The van der Waals surface area contributed by atoms with Crippen LogP contribution in [0.1, 0.15) is 18.9 Å². The predicted molar refractivity (Wildman–Crippen MR) is 80.1 cm³/mol. The van der Waals surface area contributed by atoms with Crippen molar-refractivity contribution >= 4 is 17.7 Å². The van der Waals surface area contributed by atoms with Gasteiger partial charge in [-0.3, -0.25) is 0 Å². The summed E-state index contributed by atoms with van der Waals surface area (Å²) in [7, 11) is 4.15. The third-order valence-corrected chi connectivity index (χ3v) is 3.67. The molecule has 0 heterocycles. The fraction of sp³-hybridized carbons (Fsp3) is 0.538. The van der Waals surface area contributed by atoms with E-state index in [0.29, 0.717) is 23.7 Å². The van der Waals surface area contributed by atoms with Crippen LogP contribution in [0, 0.1) is 0 Å². The van der Waals surface area contributed by atoms with Gasteiger partial charge in [-0.15, -0.1) is 0 Å². The van der Waals surface area contributed by atoms with Gasteiger partial charge < -0.3 is 15.2 Å². The van der Waals surface area contributed by atoms with E-state index in [1.807, 2.05) is 6.92 Å². The van der Waals surface area contributed by atoms with Crippen molar-refractivity contribution < 1.29 is 17.9 Å².